The standard InChI is InChI=1S/C23H27N3O4/c1-15-8-9-17-18(13-15)23(29)26(22(17)28)16(2)21(27)24-14-19(20-7-6-12-30-20)25-10-4-3-5-11-25/h6-9,12-13,16,19H,3-5,10-11,14H2,1-2H3,(H,24,27)/t16-,19-/m1/s1. The number of amides is 3. The first-order valence-corrected chi connectivity index (χ1v) is 10.5. The van der Waals surface area contributed by atoms with Gasteiger partial charge in [-0.15, -0.1) is 0 Å². The second kappa shape index (κ2) is 8.44. The summed E-state index contributed by atoms with van der Waals surface area (Å²) in [6.45, 7) is 5.72. The summed E-state index contributed by atoms with van der Waals surface area (Å²) in [7, 11) is 0. The molecule has 2 atom stereocenters. The van der Waals surface area contributed by atoms with E-state index in [4.69, 9.17) is 4.42 Å². The Morgan fingerprint density at radius 3 is 2.53 bits per heavy atom. The van der Waals surface area contributed by atoms with Gasteiger partial charge >= 0.3 is 0 Å². The molecule has 2 aliphatic rings. The van der Waals surface area contributed by atoms with E-state index in [-0.39, 0.29) is 11.9 Å². The van der Waals surface area contributed by atoms with Gasteiger partial charge in [0.15, 0.2) is 0 Å². The molecule has 0 saturated carbocycles. The van der Waals surface area contributed by atoms with Crippen molar-refractivity contribution in [3.05, 3.63) is 59.0 Å². The number of likely N-dealkylation sites (tertiary alicyclic amines) is 1. The van der Waals surface area contributed by atoms with Crippen LogP contribution in [0.25, 0.3) is 0 Å². The fourth-order valence-electron chi connectivity index (χ4n) is 4.31. The monoisotopic (exact) mass is 409 g/mol. The molecule has 2 aromatic rings. The van der Waals surface area contributed by atoms with E-state index >= 15 is 0 Å². The van der Waals surface area contributed by atoms with E-state index in [9.17, 15) is 14.4 Å². The number of rotatable bonds is 6. The van der Waals surface area contributed by atoms with E-state index in [0.29, 0.717) is 17.7 Å². The number of benzene rings is 1. The molecule has 7 nitrogen and oxygen atoms in total. The molecule has 0 radical (unpaired) electrons. The Kier molecular flexibility index (Phi) is 5.72. The number of carbonyl (C=O) groups is 3. The molecule has 0 bridgehead atoms. The number of nitrogens with one attached hydrogen (secondary N) is 1. The lowest BCUT2D eigenvalue weighted by molar-refractivity contribution is -0.124. The van der Waals surface area contributed by atoms with E-state index in [2.05, 4.69) is 10.2 Å². The van der Waals surface area contributed by atoms with Crippen molar-refractivity contribution in [1.82, 2.24) is 15.1 Å². The Morgan fingerprint density at radius 1 is 1.10 bits per heavy atom. The maximum Gasteiger partial charge on any atom is 0.262 e. The molecule has 3 amide bonds. The van der Waals surface area contributed by atoms with Gasteiger partial charge in [0.2, 0.25) is 5.91 Å². The van der Waals surface area contributed by atoms with Gasteiger partial charge in [0.1, 0.15) is 11.8 Å². The summed E-state index contributed by atoms with van der Waals surface area (Å²) in [5.41, 5.74) is 1.62. The lowest BCUT2D eigenvalue weighted by Crippen LogP contribution is -2.49. The average molecular weight is 409 g/mol. The average Bonchev–Trinajstić information content (AvgIpc) is 3.36. The molecule has 0 aliphatic carbocycles. The SMILES string of the molecule is Cc1ccc2c(c1)C(=O)N([C@H](C)C(=O)NC[C@H](c1ccco1)N1CCCCC1)C2=O. The first-order valence-electron chi connectivity index (χ1n) is 10.5. The lowest BCUT2D eigenvalue weighted by Gasteiger charge is -2.34. The van der Waals surface area contributed by atoms with Gasteiger partial charge in [-0.25, -0.2) is 0 Å². The predicted molar refractivity (Wildman–Crippen MR) is 111 cm³/mol. The van der Waals surface area contributed by atoms with Crippen LogP contribution in [0, 0.1) is 6.92 Å². The molecule has 2 aliphatic heterocycles. The van der Waals surface area contributed by atoms with Crippen molar-refractivity contribution in [2.75, 3.05) is 19.6 Å². The van der Waals surface area contributed by atoms with Gasteiger partial charge < -0.3 is 9.73 Å². The van der Waals surface area contributed by atoms with Crippen LogP contribution < -0.4 is 5.32 Å². The molecule has 0 spiro atoms. The van der Waals surface area contributed by atoms with Crippen LogP contribution in [0.2, 0.25) is 0 Å². The first-order chi connectivity index (χ1) is 14.5. The molecule has 1 aromatic heterocycles. The number of hydrogen-bond donors (Lipinski definition) is 1. The first kappa shape index (κ1) is 20.3. The highest BCUT2D eigenvalue weighted by Gasteiger charge is 2.41. The van der Waals surface area contributed by atoms with Gasteiger partial charge in [-0.1, -0.05) is 18.1 Å². The number of piperidine rings is 1. The van der Waals surface area contributed by atoms with E-state index in [1.165, 1.54) is 6.42 Å². The van der Waals surface area contributed by atoms with Crippen molar-refractivity contribution in [3.8, 4) is 0 Å². The number of nitrogens with zero attached hydrogens (tertiary/aromatic N) is 2. The number of aryl methyl sites for hydroxylation is 1. The van der Waals surface area contributed by atoms with Crippen molar-refractivity contribution >= 4 is 17.7 Å². The maximum absolute atomic E-state index is 12.9. The molecule has 1 aromatic carbocycles. The molecule has 1 saturated heterocycles. The van der Waals surface area contributed by atoms with Gasteiger partial charge in [0.25, 0.3) is 11.8 Å². The van der Waals surface area contributed by atoms with Gasteiger partial charge in [-0.2, -0.15) is 0 Å². The van der Waals surface area contributed by atoms with Crippen molar-refractivity contribution in [1.29, 1.82) is 0 Å². The smallest absolute Gasteiger partial charge is 0.262 e. The third kappa shape index (κ3) is 3.77. The van der Waals surface area contributed by atoms with Gasteiger partial charge in [0, 0.05) is 6.54 Å². The molecular weight excluding hydrogens is 382 g/mol. The van der Waals surface area contributed by atoms with Crippen LogP contribution >= 0.6 is 0 Å². The summed E-state index contributed by atoms with van der Waals surface area (Å²) in [5, 5.41) is 2.94. The molecule has 30 heavy (non-hydrogen) atoms. The summed E-state index contributed by atoms with van der Waals surface area (Å²) in [6.07, 6.45) is 5.09. The van der Waals surface area contributed by atoms with Crippen LogP contribution in [0.15, 0.2) is 41.0 Å². The van der Waals surface area contributed by atoms with Crippen LogP contribution in [0.3, 0.4) is 0 Å². The quantitative estimate of drug-likeness (QED) is 0.742. The van der Waals surface area contributed by atoms with Crippen LogP contribution in [0.1, 0.15) is 64.3 Å². The largest absolute Gasteiger partial charge is 0.468 e. The van der Waals surface area contributed by atoms with Crippen LogP contribution in [-0.2, 0) is 4.79 Å². The second-order valence-corrected chi connectivity index (χ2v) is 8.08. The normalized spacial score (nSPS) is 18.9. The van der Waals surface area contributed by atoms with Crippen molar-refractivity contribution in [2.45, 2.75) is 45.2 Å². The van der Waals surface area contributed by atoms with Crippen LogP contribution in [0.4, 0.5) is 0 Å². The van der Waals surface area contributed by atoms with Crippen molar-refractivity contribution in [3.63, 3.8) is 0 Å². The van der Waals surface area contributed by atoms with E-state index in [1.807, 2.05) is 19.1 Å². The number of fused-ring (bicyclic) bond motifs is 1. The predicted octanol–water partition coefficient (Wildman–Crippen LogP) is 2.92. The zero-order valence-electron chi connectivity index (χ0n) is 17.4. The second-order valence-electron chi connectivity index (χ2n) is 8.08. The molecule has 0 unspecified atom stereocenters. The number of furan rings is 1. The minimum atomic E-state index is -0.892. The summed E-state index contributed by atoms with van der Waals surface area (Å²) in [6, 6.07) is 7.95. The molecule has 7 heteroatoms. The zero-order chi connectivity index (χ0) is 21.3. The Labute approximate surface area is 176 Å². The summed E-state index contributed by atoms with van der Waals surface area (Å²) in [4.78, 5) is 41.8. The minimum absolute atomic E-state index is 0.0683. The highest BCUT2D eigenvalue weighted by Crippen LogP contribution is 2.27. The Bertz CT molecular complexity index is 947. The Hall–Kier alpha value is -2.93. The van der Waals surface area contributed by atoms with Crippen molar-refractivity contribution in [2.24, 2.45) is 0 Å². The fourth-order valence-corrected chi connectivity index (χ4v) is 4.31. The number of hydrogen-bond acceptors (Lipinski definition) is 5. The van der Waals surface area contributed by atoms with Gasteiger partial charge in [-0.05, 0) is 64.0 Å². The van der Waals surface area contributed by atoms with E-state index in [0.717, 1.165) is 42.2 Å². The summed E-state index contributed by atoms with van der Waals surface area (Å²) in [5.74, 6) is -0.382. The van der Waals surface area contributed by atoms with Gasteiger partial charge in [-0.3, -0.25) is 24.2 Å². The molecule has 158 valence electrons. The third-order valence-electron chi connectivity index (χ3n) is 6.01. The number of carbonyl (C=O) groups excluding carboxylic acids is 3. The Morgan fingerprint density at radius 2 is 1.83 bits per heavy atom. The highest BCUT2D eigenvalue weighted by molar-refractivity contribution is 6.22. The zero-order valence-corrected chi connectivity index (χ0v) is 17.4. The molecular formula is C23H27N3O4. The maximum atomic E-state index is 12.9. The summed E-state index contributed by atoms with van der Waals surface area (Å²) < 4.78 is 5.62. The molecule has 1 N–H and O–H groups in total. The highest BCUT2D eigenvalue weighted by atomic mass is 16.3. The lowest BCUT2D eigenvalue weighted by atomic mass is 10.1. The van der Waals surface area contributed by atoms with Crippen LogP contribution in [0.5, 0.6) is 0 Å². The van der Waals surface area contributed by atoms with Crippen molar-refractivity contribution < 1.29 is 18.8 Å². The van der Waals surface area contributed by atoms with Crippen LogP contribution in [-0.4, -0.2) is 53.2 Å². The number of imide groups is 1. The minimum Gasteiger partial charge on any atom is -0.468 e. The molecule has 3 heterocycles. The molecule has 1 fully saturated rings. The fraction of sp³-hybridized carbons (Fsp3) is 0.435. The van der Waals surface area contributed by atoms with E-state index < -0.39 is 17.9 Å². The summed E-state index contributed by atoms with van der Waals surface area (Å²) >= 11 is 0. The van der Waals surface area contributed by atoms with E-state index in [1.54, 1.807) is 31.4 Å². The topological polar surface area (TPSA) is 82.9 Å². The molecule has 4 rings (SSSR count). The van der Waals surface area contributed by atoms with Gasteiger partial charge in [0.05, 0.1) is 23.4 Å². The third-order valence-corrected chi connectivity index (χ3v) is 6.01. The Balaban J connectivity index is 1.45.